The van der Waals surface area contributed by atoms with E-state index in [0.29, 0.717) is 23.6 Å². The topological polar surface area (TPSA) is 47.4 Å². The Labute approximate surface area is 175 Å². The summed E-state index contributed by atoms with van der Waals surface area (Å²) in [4.78, 5) is 14.6. The molecule has 5 nitrogen and oxygen atoms in total. The van der Waals surface area contributed by atoms with Crippen molar-refractivity contribution >= 4 is 0 Å². The second-order valence-corrected chi connectivity index (χ2v) is 7.55. The maximum absolute atomic E-state index is 14.6. The van der Waals surface area contributed by atoms with Crippen molar-refractivity contribution in [2.24, 2.45) is 0 Å². The first-order valence-electron chi connectivity index (χ1n) is 10.5. The van der Waals surface area contributed by atoms with Crippen molar-refractivity contribution in [1.82, 2.24) is 14.7 Å². The third kappa shape index (κ3) is 4.94. The average molecular weight is 407 g/mol. The number of aromatic nitrogens is 2. The number of benzene rings is 2. The second kappa shape index (κ2) is 9.67. The minimum absolute atomic E-state index is 0.237. The van der Waals surface area contributed by atoms with Gasteiger partial charge in [0, 0.05) is 18.2 Å². The van der Waals surface area contributed by atoms with Crippen LogP contribution >= 0.6 is 0 Å². The van der Waals surface area contributed by atoms with Crippen molar-refractivity contribution in [3.8, 4) is 22.7 Å². The highest BCUT2D eigenvalue weighted by Gasteiger charge is 2.11. The number of para-hydroxylation sites is 1. The van der Waals surface area contributed by atoms with Crippen molar-refractivity contribution in [2.75, 3.05) is 26.2 Å². The minimum atomic E-state index is -0.426. The fourth-order valence-electron chi connectivity index (χ4n) is 3.75. The standard InChI is InChI=1S/C24H26FN3O2/c25-21-18-19(10-12-23(21)30-17-7-16-27-14-5-2-6-15-27)22-11-13-24(29)28(26-22)20-8-3-1-4-9-20/h1,3-4,8-13,18H,2,5-7,14-17H2. The van der Waals surface area contributed by atoms with E-state index in [1.165, 1.54) is 36.1 Å². The lowest BCUT2D eigenvalue weighted by molar-refractivity contribution is 0.203. The van der Waals surface area contributed by atoms with Crippen LogP contribution in [0.3, 0.4) is 0 Å². The van der Waals surface area contributed by atoms with E-state index in [0.717, 1.165) is 26.1 Å². The van der Waals surface area contributed by atoms with Crippen molar-refractivity contribution in [1.29, 1.82) is 0 Å². The van der Waals surface area contributed by atoms with Gasteiger partial charge in [0.05, 0.1) is 18.0 Å². The Kier molecular flexibility index (Phi) is 6.54. The fourth-order valence-corrected chi connectivity index (χ4v) is 3.75. The van der Waals surface area contributed by atoms with E-state index < -0.39 is 5.82 Å². The first-order valence-corrected chi connectivity index (χ1v) is 10.5. The molecule has 1 fully saturated rings. The zero-order valence-electron chi connectivity index (χ0n) is 17.0. The lowest BCUT2D eigenvalue weighted by Crippen LogP contribution is -2.31. The van der Waals surface area contributed by atoms with Crippen LogP contribution in [-0.2, 0) is 0 Å². The van der Waals surface area contributed by atoms with Crippen LogP contribution in [-0.4, -0.2) is 40.9 Å². The molecule has 30 heavy (non-hydrogen) atoms. The lowest BCUT2D eigenvalue weighted by Gasteiger charge is -2.26. The molecule has 2 aromatic carbocycles. The van der Waals surface area contributed by atoms with Gasteiger partial charge in [-0.3, -0.25) is 4.79 Å². The van der Waals surface area contributed by atoms with Crippen molar-refractivity contribution in [3.05, 3.63) is 76.8 Å². The molecular weight excluding hydrogens is 381 g/mol. The monoisotopic (exact) mass is 407 g/mol. The summed E-state index contributed by atoms with van der Waals surface area (Å²) in [6.07, 6.45) is 4.73. The van der Waals surface area contributed by atoms with Crippen LogP contribution in [0.25, 0.3) is 16.9 Å². The summed E-state index contributed by atoms with van der Waals surface area (Å²) in [6, 6.07) is 17.0. The molecule has 6 heteroatoms. The van der Waals surface area contributed by atoms with Gasteiger partial charge in [-0.2, -0.15) is 9.78 Å². The third-order valence-corrected chi connectivity index (χ3v) is 5.35. The number of hydrogen-bond acceptors (Lipinski definition) is 4. The molecule has 2 heterocycles. The smallest absolute Gasteiger partial charge is 0.271 e. The molecule has 3 aromatic rings. The summed E-state index contributed by atoms with van der Waals surface area (Å²) < 4.78 is 21.6. The number of piperidine rings is 1. The lowest BCUT2D eigenvalue weighted by atomic mass is 10.1. The Balaban J connectivity index is 1.42. The molecule has 0 amide bonds. The summed E-state index contributed by atoms with van der Waals surface area (Å²) in [5, 5.41) is 4.40. The van der Waals surface area contributed by atoms with Crippen LogP contribution in [0.1, 0.15) is 25.7 Å². The largest absolute Gasteiger partial charge is 0.490 e. The third-order valence-electron chi connectivity index (χ3n) is 5.35. The van der Waals surface area contributed by atoms with Gasteiger partial charge in [0.1, 0.15) is 0 Å². The van der Waals surface area contributed by atoms with Gasteiger partial charge in [0.25, 0.3) is 5.56 Å². The molecule has 0 saturated carbocycles. The van der Waals surface area contributed by atoms with E-state index in [9.17, 15) is 9.18 Å². The quantitative estimate of drug-likeness (QED) is 0.548. The van der Waals surface area contributed by atoms with Crippen LogP contribution in [0.5, 0.6) is 5.75 Å². The van der Waals surface area contributed by atoms with Crippen molar-refractivity contribution < 1.29 is 9.13 Å². The summed E-state index contributed by atoms with van der Waals surface area (Å²) >= 11 is 0. The molecule has 1 aliphatic rings. The maximum Gasteiger partial charge on any atom is 0.271 e. The predicted octanol–water partition coefficient (Wildman–Crippen LogP) is 4.29. The summed E-state index contributed by atoms with van der Waals surface area (Å²) in [7, 11) is 0. The zero-order chi connectivity index (χ0) is 20.8. The van der Waals surface area contributed by atoms with Crippen LogP contribution in [0.4, 0.5) is 4.39 Å². The zero-order valence-corrected chi connectivity index (χ0v) is 17.0. The molecule has 1 aliphatic heterocycles. The summed E-state index contributed by atoms with van der Waals surface area (Å²) in [5.41, 5.74) is 1.55. The van der Waals surface area contributed by atoms with Crippen LogP contribution < -0.4 is 10.3 Å². The first kappa shape index (κ1) is 20.3. The second-order valence-electron chi connectivity index (χ2n) is 7.55. The Morgan fingerprint density at radius 2 is 1.77 bits per heavy atom. The van der Waals surface area contributed by atoms with E-state index in [-0.39, 0.29) is 11.3 Å². The number of likely N-dealkylation sites (tertiary alicyclic amines) is 1. The Hall–Kier alpha value is -2.99. The predicted molar refractivity (Wildman–Crippen MR) is 116 cm³/mol. The Morgan fingerprint density at radius 3 is 2.53 bits per heavy atom. The fraction of sp³-hybridized carbons (Fsp3) is 0.333. The SMILES string of the molecule is O=c1ccc(-c2ccc(OCCCN3CCCCC3)c(F)c2)nn1-c1ccccc1. The van der Waals surface area contributed by atoms with Crippen molar-refractivity contribution in [3.63, 3.8) is 0 Å². The Morgan fingerprint density at radius 1 is 0.967 bits per heavy atom. The molecule has 156 valence electrons. The van der Waals surface area contributed by atoms with Gasteiger partial charge in [0.15, 0.2) is 11.6 Å². The van der Waals surface area contributed by atoms with Crippen LogP contribution in [0.15, 0.2) is 65.5 Å². The molecule has 0 bridgehead atoms. The van der Waals surface area contributed by atoms with E-state index in [4.69, 9.17) is 4.74 Å². The number of ether oxygens (including phenoxy) is 1. The van der Waals surface area contributed by atoms with Gasteiger partial charge in [-0.1, -0.05) is 24.6 Å². The molecule has 0 spiro atoms. The molecule has 1 saturated heterocycles. The van der Waals surface area contributed by atoms with Crippen LogP contribution in [0, 0.1) is 5.82 Å². The highest BCUT2D eigenvalue weighted by Crippen LogP contribution is 2.24. The number of rotatable bonds is 7. The molecule has 0 radical (unpaired) electrons. The van der Waals surface area contributed by atoms with E-state index in [1.807, 2.05) is 18.2 Å². The van der Waals surface area contributed by atoms with Gasteiger partial charge in [0.2, 0.25) is 0 Å². The number of halogens is 1. The highest BCUT2D eigenvalue weighted by atomic mass is 19.1. The molecule has 4 rings (SSSR count). The van der Waals surface area contributed by atoms with Gasteiger partial charge in [-0.15, -0.1) is 0 Å². The van der Waals surface area contributed by atoms with E-state index >= 15 is 0 Å². The van der Waals surface area contributed by atoms with Crippen LogP contribution in [0.2, 0.25) is 0 Å². The normalized spacial score (nSPS) is 14.6. The highest BCUT2D eigenvalue weighted by molar-refractivity contribution is 5.60. The molecule has 0 unspecified atom stereocenters. The molecular formula is C24H26FN3O2. The van der Waals surface area contributed by atoms with Gasteiger partial charge < -0.3 is 9.64 Å². The first-order chi connectivity index (χ1) is 14.7. The van der Waals surface area contributed by atoms with E-state index in [1.54, 1.807) is 30.3 Å². The average Bonchev–Trinajstić information content (AvgIpc) is 2.79. The maximum atomic E-state index is 14.6. The Bertz CT molecular complexity index is 1030. The molecule has 0 atom stereocenters. The summed E-state index contributed by atoms with van der Waals surface area (Å²) in [6.45, 7) is 3.79. The van der Waals surface area contributed by atoms with Gasteiger partial charge in [-0.05, 0) is 68.8 Å². The summed E-state index contributed by atoms with van der Waals surface area (Å²) in [5.74, 6) is -0.182. The number of nitrogens with zero attached hydrogens (tertiary/aromatic N) is 3. The van der Waals surface area contributed by atoms with E-state index in [2.05, 4.69) is 10.00 Å². The molecule has 0 aliphatic carbocycles. The number of hydrogen-bond donors (Lipinski definition) is 0. The van der Waals surface area contributed by atoms with Gasteiger partial charge in [-0.25, -0.2) is 4.39 Å². The minimum Gasteiger partial charge on any atom is -0.490 e. The molecule has 1 aromatic heterocycles. The van der Waals surface area contributed by atoms with Gasteiger partial charge >= 0.3 is 0 Å². The molecule has 0 N–H and O–H groups in total. The van der Waals surface area contributed by atoms with Crippen molar-refractivity contribution in [2.45, 2.75) is 25.7 Å².